The number of esters is 1. The Bertz CT molecular complexity index is 802. The van der Waals surface area contributed by atoms with Crippen molar-refractivity contribution in [1.82, 2.24) is 0 Å². The molecule has 0 heterocycles. The molecule has 0 saturated heterocycles. The van der Waals surface area contributed by atoms with Crippen LogP contribution < -0.4 is 34.5 Å². The van der Waals surface area contributed by atoms with Crippen molar-refractivity contribution in [3.63, 3.8) is 0 Å². The molecule has 2 N–H and O–H groups in total. The zero-order valence-electron chi connectivity index (χ0n) is 33.3. The molecule has 0 rings (SSSR count). The molecule has 0 aromatic rings. The first-order chi connectivity index (χ1) is 24.3. The molecule has 0 fully saturated rings. The average molecular weight is 757 g/mol. The number of allylic oxidation sites excluding steroid dienone is 2. The summed E-state index contributed by atoms with van der Waals surface area (Å²) in [4.78, 5) is 24.7. The Balaban J connectivity index is 0. The first kappa shape index (κ1) is 53.3. The third kappa shape index (κ3) is 41.2. The first-order valence-corrected chi connectivity index (χ1v) is 22.1. The van der Waals surface area contributed by atoms with Crippen molar-refractivity contribution < 1.29 is 72.5 Å². The van der Waals surface area contributed by atoms with Gasteiger partial charge in [0.15, 0.2) is 0 Å². The molecular formula is C40H78NaO9P. The van der Waals surface area contributed by atoms with Crippen molar-refractivity contribution in [2.75, 3.05) is 33.0 Å². The summed E-state index contributed by atoms with van der Waals surface area (Å²) in [5, 5.41) is 18.3. The van der Waals surface area contributed by atoms with Gasteiger partial charge in [-0.15, -0.1) is 0 Å². The maximum absolute atomic E-state index is 12.6. The van der Waals surface area contributed by atoms with E-state index in [0.29, 0.717) is 13.0 Å². The monoisotopic (exact) mass is 757 g/mol. The summed E-state index contributed by atoms with van der Waals surface area (Å²) in [7, 11) is -4.76. The van der Waals surface area contributed by atoms with Crippen LogP contribution >= 0.6 is 7.82 Å². The molecule has 0 aliphatic heterocycles. The van der Waals surface area contributed by atoms with Crippen molar-refractivity contribution in [1.29, 1.82) is 0 Å². The minimum absolute atomic E-state index is 0. The third-order valence-corrected chi connectivity index (χ3v) is 9.87. The summed E-state index contributed by atoms with van der Waals surface area (Å²) in [6.45, 7) is 3.33. The first-order valence-electron chi connectivity index (χ1n) is 20.7. The van der Waals surface area contributed by atoms with E-state index in [0.717, 1.165) is 51.4 Å². The van der Waals surface area contributed by atoms with Gasteiger partial charge in [0.2, 0.25) is 0 Å². The quantitative estimate of drug-likeness (QED) is 0.0217. The van der Waals surface area contributed by atoms with Crippen molar-refractivity contribution in [2.45, 2.75) is 206 Å². The van der Waals surface area contributed by atoms with Gasteiger partial charge in [-0.05, 0) is 38.5 Å². The third-order valence-electron chi connectivity index (χ3n) is 8.94. The van der Waals surface area contributed by atoms with E-state index in [1.54, 1.807) is 0 Å². The fraction of sp³-hybridized carbons (Fsp3) is 0.925. The van der Waals surface area contributed by atoms with Crippen LogP contribution in [0.1, 0.15) is 194 Å². The topological polar surface area (TPSA) is 135 Å². The maximum atomic E-state index is 12.6. The molecule has 3 atom stereocenters. The molecule has 0 aliphatic carbocycles. The van der Waals surface area contributed by atoms with E-state index >= 15 is 0 Å². The number of phosphoric acid groups is 1. The maximum Gasteiger partial charge on any atom is 1.00 e. The Hall–Kier alpha value is 0.200. The molecule has 0 radical (unpaired) electrons. The fourth-order valence-electron chi connectivity index (χ4n) is 5.76. The Labute approximate surface area is 335 Å². The minimum atomic E-state index is -4.76. The number of unbranched alkanes of at least 4 members (excludes halogenated alkanes) is 24. The molecule has 0 saturated carbocycles. The van der Waals surface area contributed by atoms with Crippen LogP contribution in [-0.2, 0) is 27.9 Å². The van der Waals surface area contributed by atoms with Crippen LogP contribution in [-0.4, -0.2) is 61.4 Å². The van der Waals surface area contributed by atoms with E-state index in [4.69, 9.17) is 19.1 Å². The van der Waals surface area contributed by atoms with Crippen molar-refractivity contribution in [3.05, 3.63) is 12.2 Å². The number of carbonyl (C=O) groups excluding carboxylic acids is 1. The average Bonchev–Trinajstić information content (AvgIpc) is 3.10. The van der Waals surface area contributed by atoms with Gasteiger partial charge in [-0.3, -0.25) is 9.36 Å². The fourth-order valence-corrected chi connectivity index (χ4v) is 6.53. The molecule has 51 heavy (non-hydrogen) atoms. The SMILES string of the molecule is CCCCCCCC/C=C\CCCCCCCC(=O)OC(COCCCCCCCCCCCCCCCC)COP(=O)([O-])OCC(O)CO.[Na+]. The Morgan fingerprint density at radius 3 is 1.51 bits per heavy atom. The van der Waals surface area contributed by atoms with E-state index in [-0.39, 0.29) is 42.6 Å². The Morgan fingerprint density at radius 2 is 1.04 bits per heavy atom. The molecule has 0 spiro atoms. The second kappa shape index (κ2) is 41.4. The summed E-state index contributed by atoms with van der Waals surface area (Å²) in [5.74, 6) is -0.409. The number of aliphatic hydroxyl groups excluding tert-OH is 2. The molecule has 0 aromatic heterocycles. The van der Waals surface area contributed by atoms with Crippen molar-refractivity contribution >= 4 is 13.8 Å². The molecule has 9 nitrogen and oxygen atoms in total. The van der Waals surface area contributed by atoms with E-state index in [2.05, 4.69) is 30.5 Å². The van der Waals surface area contributed by atoms with Gasteiger partial charge >= 0.3 is 35.5 Å². The molecule has 0 aromatic carbocycles. The molecule has 298 valence electrons. The number of aliphatic hydroxyl groups is 2. The number of phosphoric ester groups is 1. The van der Waals surface area contributed by atoms with Gasteiger partial charge in [0.1, 0.15) is 12.2 Å². The van der Waals surface area contributed by atoms with Gasteiger partial charge < -0.3 is 33.6 Å². The number of rotatable bonds is 40. The van der Waals surface area contributed by atoms with Crippen LogP contribution in [0.25, 0.3) is 0 Å². The van der Waals surface area contributed by atoms with Crippen LogP contribution in [0.3, 0.4) is 0 Å². The van der Waals surface area contributed by atoms with Gasteiger partial charge in [-0.25, -0.2) is 0 Å². The van der Waals surface area contributed by atoms with Crippen LogP contribution in [0.4, 0.5) is 0 Å². The zero-order valence-corrected chi connectivity index (χ0v) is 36.2. The number of carbonyl (C=O) groups is 1. The molecule has 0 aliphatic rings. The minimum Gasteiger partial charge on any atom is -0.756 e. The van der Waals surface area contributed by atoms with E-state index in [1.165, 1.54) is 116 Å². The van der Waals surface area contributed by atoms with Crippen LogP contribution in [0, 0.1) is 0 Å². The molecule has 3 unspecified atom stereocenters. The zero-order chi connectivity index (χ0) is 36.8. The second-order valence-electron chi connectivity index (χ2n) is 14.0. The number of hydrogen-bond donors (Lipinski definition) is 2. The Kier molecular flexibility index (Phi) is 43.2. The predicted octanol–water partition coefficient (Wildman–Crippen LogP) is 7.29. The summed E-state index contributed by atoms with van der Waals surface area (Å²) in [6, 6.07) is 0. The van der Waals surface area contributed by atoms with Crippen LogP contribution in [0.2, 0.25) is 0 Å². The predicted molar refractivity (Wildman–Crippen MR) is 203 cm³/mol. The Morgan fingerprint density at radius 1 is 0.627 bits per heavy atom. The largest absolute Gasteiger partial charge is 1.00 e. The van der Waals surface area contributed by atoms with Gasteiger partial charge in [0.25, 0.3) is 7.82 Å². The van der Waals surface area contributed by atoms with E-state index in [1.807, 2.05) is 0 Å². The summed E-state index contributed by atoms with van der Waals surface area (Å²) in [5.41, 5.74) is 0. The van der Waals surface area contributed by atoms with Gasteiger partial charge in [-0.1, -0.05) is 161 Å². The van der Waals surface area contributed by atoms with Crippen molar-refractivity contribution in [2.24, 2.45) is 0 Å². The van der Waals surface area contributed by atoms with Crippen molar-refractivity contribution in [3.8, 4) is 0 Å². The second-order valence-corrected chi connectivity index (χ2v) is 15.4. The van der Waals surface area contributed by atoms with Crippen LogP contribution in [0.5, 0.6) is 0 Å². The summed E-state index contributed by atoms with van der Waals surface area (Å²) in [6.07, 6.45) is 35.7. The van der Waals surface area contributed by atoms with Gasteiger partial charge in [-0.2, -0.15) is 0 Å². The molecule has 11 heteroatoms. The number of hydrogen-bond acceptors (Lipinski definition) is 9. The standard InChI is InChI=1S/C40H79O9P.Na/c1-3-5-7-9-11-13-15-17-19-20-22-24-26-28-30-32-40(43)49-39(37-48-50(44,45)47-35-38(42)34-41)36-46-33-31-29-27-25-23-21-18-16-14-12-10-8-6-4-2;/h17,19,38-39,41-42H,3-16,18,20-37H2,1-2H3,(H,44,45);/q;+1/p-1/b19-17-;. The van der Waals surface area contributed by atoms with Crippen LogP contribution in [0.15, 0.2) is 12.2 Å². The summed E-state index contributed by atoms with van der Waals surface area (Å²) >= 11 is 0. The number of ether oxygens (including phenoxy) is 2. The molecular weight excluding hydrogens is 678 g/mol. The summed E-state index contributed by atoms with van der Waals surface area (Å²) < 4.78 is 32.9. The smallest absolute Gasteiger partial charge is 0.756 e. The molecule has 0 bridgehead atoms. The van der Waals surface area contributed by atoms with Gasteiger partial charge in [0, 0.05) is 13.0 Å². The van der Waals surface area contributed by atoms with Gasteiger partial charge in [0.05, 0.1) is 26.4 Å². The molecule has 0 amide bonds. The van der Waals surface area contributed by atoms with E-state index in [9.17, 15) is 19.4 Å². The normalized spacial score (nSPS) is 14.0. The van der Waals surface area contributed by atoms with E-state index < -0.39 is 45.8 Å².